The predicted octanol–water partition coefficient (Wildman–Crippen LogP) is 5.74. The Hall–Kier alpha value is -3.31. The highest BCUT2D eigenvalue weighted by molar-refractivity contribution is 6.31. The van der Waals surface area contributed by atoms with E-state index in [2.05, 4.69) is 5.32 Å². The van der Waals surface area contributed by atoms with Gasteiger partial charge in [-0.1, -0.05) is 35.9 Å². The average Bonchev–Trinajstić information content (AvgIpc) is 3.15. The van der Waals surface area contributed by atoms with Crippen LogP contribution in [0.2, 0.25) is 5.02 Å². The summed E-state index contributed by atoms with van der Waals surface area (Å²) in [7, 11) is 0. The molecular formula is C25H23ClN2O3. The number of nitrogens with zero attached hydrogens (tertiary/aromatic N) is 1. The van der Waals surface area contributed by atoms with Gasteiger partial charge in [-0.25, -0.2) is 0 Å². The van der Waals surface area contributed by atoms with E-state index in [0.29, 0.717) is 23.0 Å². The number of ether oxygens (including phenoxy) is 1. The minimum atomic E-state index is -0.422. The van der Waals surface area contributed by atoms with Crippen LogP contribution >= 0.6 is 11.6 Å². The lowest BCUT2D eigenvalue weighted by molar-refractivity contribution is -0.122. The average molecular weight is 435 g/mol. The Kier molecular flexibility index (Phi) is 5.96. The van der Waals surface area contributed by atoms with E-state index in [0.717, 1.165) is 22.6 Å². The van der Waals surface area contributed by atoms with Gasteiger partial charge in [0.25, 0.3) is 0 Å². The molecule has 31 heavy (non-hydrogen) atoms. The third kappa shape index (κ3) is 4.57. The third-order valence-electron chi connectivity index (χ3n) is 5.47. The molecule has 1 saturated heterocycles. The minimum absolute atomic E-state index is 0.0764. The third-order valence-corrected chi connectivity index (χ3v) is 5.88. The molecule has 0 bridgehead atoms. The highest BCUT2D eigenvalue weighted by atomic mass is 35.5. The van der Waals surface area contributed by atoms with Gasteiger partial charge in [-0.05, 0) is 67.4 Å². The Morgan fingerprint density at radius 3 is 2.52 bits per heavy atom. The van der Waals surface area contributed by atoms with E-state index in [-0.39, 0.29) is 18.2 Å². The molecule has 3 aromatic carbocycles. The van der Waals surface area contributed by atoms with E-state index in [1.165, 1.54) is 0 Å². The second kappa shape index (κ2) is 8.82. The number of carbonyl (C=O) groups excluding carboxylic acids is 2. The smallest absolute Gasteiger partial charge is 0.229 e. The summed E-state index contributed by atoms with van der Waals surface area (Å²) < 4.78 is 5.89. The lowest BCUT2D eigenvalue weighted by Crippen LogP contribution is -2.28. The largest absolute Gasteiger partial charge is 0.457 e. The molecule has 1 heterocycles. The Morgan fingerprint density at radius 1 is 1.03 bits per heavy atom. The van der Waals surface area contributed by atoms with Gasteiger partial charge in [0.1, 0.15) is 11.5 Å². The molecule has 0 aromatic heterocycles. The molecule has 1 N–H and O–H groups in total. The van der Waals surface area contributed by atoms with Crippen LogP contribution in [0.5, 0.6) is 11.5 Å². The van der Waals surface area contributed by atoms with Crippen molar-refractivity contribution < 1.29 is 14.3 Å². The van der Waals surface area contributed by atoms with E-state index in [1.54, 1.807) is 23.1 Å². The van der Waals surface area contributed by atoms with Crippen LogP contribution in [-0.2, 0) is 9.59 Å². The molecule has 0 radical (unpaired) electrons. The SMILES string of the molecule is Cc1ccccc1Oc1ccc(NC(=O)[C@@H]2CC(=O)N(c3cccc(Cl)c3C)C2)cc1. The molecule has 2 amide bonds. The molecular weight excluding hydrogens is 412 g/mol. The van der Waals surface area contributed by atoms with Gasteiger partial charge in [-0.15, -0.1) is 0 Å². The van der Waals surface area contributed by atoms with Crippen molar-refractivity contribution in [2.45, 2.75) is 20.3 Å². The van der Waals surface area contributed by atoms with Crippen molar-refractivity contribution in [2.24, 2.45) is 5.92 Å². The van der Waals surface area contributed by atoms with Crippen LogP contribution < -0.4 is 15.0 Å². The first kappa shape index (κ1) is 20.9. The molecule has 0 saturated carbocycles. The zero-order valence-electron chi connectivity index (χ0n) is 17.4. The molecule has 0 aliphatic carbocycles. The number of nitrogens with one attached hydrogen (secondary N) is 1. The van der Waals surface area contributed by atoms with Crippen molar-refractivity contribution in [3.8, 4) is 11.5 Å². The number of aryl methyl sites for hydroxylation is 1. The first-order chi connectivity index (χ1) is 14.9. The molecule has 3 aromatic rings. The van der Waals surface area contributed by atoms with Gasteiger partial charge in [0.05, 0.1) is 5.92 Å². The fourth-order valence-corrected chi connectivity index (χ4v) is 3.82. The quantitative estimate of drug-likeness (QED) is 0.557. The fraction of sp³-hybridized carbons (Fsp3) is 0.200. The lowest BCUT2D eigenvalue weighted by Gasteiger charge is -2.19. The summed E-state index contributed by atoms with van der Waals surface area (Å²) in [6.07, 6.45) is 0.173. The Morgan fingerprint density at radius 2 is 1.77 bits per heavy atom. The van der Waals surface area contributed by atoms with E-state index in [9.17, 15) is 9.59 Å². The number of hydrogen-bond acceptors (Lipinski definition) is 3. The fourth-order valence-electron chi connectivity index (χ4n) is 3.65. The van der Waals surface area contributed by atoms with Gasteiger partial charge in [0.2, 0.25) is 11.8 Å². The van der Waals surface area contributed by atoms with Gasteiger partial charge < -0.3 is 15.0 Å². The van der Waals surface area contributed by atoms with Crippen molar-refractivity contribution in [3.63, 3.8) is 0 Å². The van der Waals surface area contributed by atoms with Crippen LogP contribution in [0.15, 0.2) is 66.7 Å². The number of halogens is 1. The van der Waals surface area contributed by atoms with Crippen molar-refractivity contribution in [1.82, 2.24) is 0 Å². The second-order valence-corrected chi connectivity index (χ2v) is 8.08. The minimum Gasteiger partial charge on any atom is -0.457 e. The van der Waals surface area contributed by atoms with Gasteiger partial charge >= 0.3 is 0 Å². The maximum absolute atomic E-state index is 12.8. The molecule has 0 unspecified atom stereocenters. The standard InChI is InChI=1S/C25H23ClN2O3/c1-16-6-3-4-9-23(16)31-20-12-10-19(11-13-20)27-25(30)18-14-24(29)28(15-18)22-8-5-7-21(26)17(22)2/h3-13,18H,14-15H2,1-2H3,(H,27,30)/t18-/m1/s1. The first-order valence-corrected chi connectivity index (χ1v) is 10.5. The Bertz CT molecular complexity index is 1130. The van der Waals surface area contributed by atoms with Gasteiger partial charge in [0.15, 0.2) is 0 Å². The molecule has 158 valence electrons. The van der Waals surface area contributed by atoms with Crippen LogP contribution in [0.4, 0.5) is 11.4 Å². The summed E-state index contributed by atoms with van der Waals surface area (Å²) in [6.45, 7) is 4.19. The van der Waals surface area contributed by atoms with Crippen molar-refractivity contribution in [2.75, 3.05) is 16.8 Å². The molecule has 1 fully saturated rings. The maximum Gasteiger partial charge on any atom is 0.229 e. The number of para-hydroxylation sites is 1. The molecule has 6 heteroatoms. The number of amides is 2. The van der Waals surface area contributed by atoms with Gasteiger partial charge in [-0.3, -0.25) is 9.59 Å². The second-order valence-electron chi connectivity index (χ2n) is 7.67. The maximum atomic E-state index is 12.8. The van der Waals surface area contributed by atoms with Gasteiger partial charge in [-0.2, -0.15) is 0 Å². The predicted molar refractivity (Wildman–Crippen MR) is 123 cm³/mol. The van der Waals surface area contributed by atoms with Gasteiger partial charge in [0, 0.05) is 29.4 Å². The topological polar surface area (TPSA) is 58.6 Å². The Balaban J connectivity index is 1.40. The molecule has 5 nitrogen and oxygen atoms in total. The van der Waals surface area contributed by atoms with Crippen molar-refractivity contribution in [3.05, 3.63) is 82.9 Å². The molecule has 1 aliphatic rings. The first-order valence-electron chi connectivity index (χ1n) is 10.1. The summed E-state index contributed by atoms with van der Waals surface area (Å²) in [5, 5.41) is 3.51. The van der Waals surface area contributed by atoms with Crippen LogP contribution in [0, 0.1) is 19.8 Å². The van der Waals surface area contributed by atoms with Crippen molar-refractivity contribution in [1.29, 1.82) is 0 Å². The molecule has 4 rings (SSSR count). The Labute approximate surface area is 186 Å². The highest BCUT2D eigenvalue weighted by Crippen LogP contribution is 2.32. The van der Waals surface area contributed by atoms with E-state index in [1.807, 2.05) is 62.4 Å². The summed E-state index contributed by atoms with van der Waals surface area (Å²) in [4.78, 5) is 26.9. The van der Waals surface area contributed by atoms with Crippen LogP contribution in [0.25, 0.3) is 0 Å². The highest BCUT2D eigenvalue weighted by Gasteiger charge is 2.35. The monoisotopic (exact) mass is 434 g/mol. The van der Waals surface area contributed by atoms with E-state index < -0.39 is 5.92 Å². The zero-order valence-corrected chi connectivity index (χ0v) is 18.1. The van der Waals surface area contributed by atoms with E-state index >= 15 is 0 Å². The number of benzene rings is 3. The summed E-state index contributed by atoms with van der Waals surface area (Å²) >= 11 is 6.19. The van der Waals surface area contributed by atoms with Crippen LogP contribution in [0.3, 0.4) is 0 Å². The number of hydrogen-bond donors (Lipinski definition) is 1. The zero-order chi connectivity index (χ0) is 22.0. The number of rotatable bonds is 5. The summed E-state index contributed by atoms with van der Waals surface area (Å²) in [5.74, 6) is 0.801. The normalized spacial score (nSPS) is 15.8. The summed E-state index contributed by atoms with van der Waals surface area (Å²) in [6, 6.07) is 20.4. The van der Waals surface area contributed by atoms with E-state index in [4.69, 9.17) is 16.3 Å². The molecule has 0 spiro atoms. The molecule has 1 aliphatic heterocycles. The van der Waals surface area contributed by atoms with Crippen LogP contribution in [-0.4, -0.2) is 18.4 Å². The molecule has 1 atom stereocenters. The number of carbonyl (C=O) groups is 2. The number of anilines is 2. The lowest BCUT2D eigenvalue weighted by atomic mass is 10.1. The van der Waals surface area contributed by atoms with Crippen molar-refractivity contribution >= 4 is 34.8 Å². The summed E-state index contributed by atoms with van der Waals surface area (Å²) in [5.41, 5.74) is 3.30. The van der Waals surface area contributed by atoms with Crippen LogP contribution in [0.1, 0.15) is 17.5 Å².